The maximum absolute atomic E-state index is 9.95. The summed E-state index contributed by atoms with van der Waals surface area (Å²) >= 11 is 0. The summed E-state index contributed by atoms with van der Waals surface area (Å²) in [7, 11) is 0. The highest BCUT2D eigenvalue weighted by atomic mass is 16.5. The summed E-state index contributed by atoms with van der Waals surface area (Å²) in [5.41, 5.74) is 5.05. The van der Waals surface area contributed by atoms with E-state index in [1.807, 2.05) is 0 Å². The molecule has 0 amide bonds. The van der Waals surface area contributed by atoms with Crippen LogP contribution in [0.4, 0.5) is 0 Å². The Bertz CT molecular complexity index is 70.1. The largest absolute Gasteiger partial charge is 0.447 e. The van der Waals surface area contributed by atoms with E-state index in [1.54, 1.807) is 6.92 Å². The summed E-state index contributed by atoms with van der Waals surface area (Å²) in [6.07, 6.45) is -0.475. The Morgan fingerprint density at radius 2 is 2.29 bits per heavy atom. The van der Waals surface area contributed by atoms with Crippen LogP contribution in [0.1, 0.15) is 13.8 Å². The zero-order chi connectivity index (χ0) is 5.86. The minimum atomic E-state index is -0.475. The molecule has 0 aliphatic carbocycles. The van der Waals surface area contributed by atoms with Gasteiger partial charge in [-0.2, -0.15) is 0 Å². The van der Waals surface area contributed by atoms with Gasteiger partial charge < -0.3 is 4.74 Å². The highest BCUT2D eigenvalue weighted by Gasteiger charge is 1.93. The lowest BCUT2D eigenvalue weighted by Gasteiger charge is -2.02. The fraction of sp³-hybridized carbons (Fsp3) is 0.750. The molecule has 0 saturated heterocycles. The molecule has 0 aliphatic rings. The van der Waals surface area contributed by atoms with Gasteiger partial charge in [-0.05, 0) is 6.92 Å². The van der Waals surface area contributed by atoms with Crippen LogP contribution in [0, 0.1) is 0 Å². The van der Waals surface area contributed by atoms with Crippen LogP contribution < -0.4 is 5.73 Å². The van der Waals surface area contributed by atoms with Crippen molar-refractivity contribution in [1.29, 1.82) is 0 Å². The average molecular weight is 103 g/mol. The number of ether oxygens (including phenoxy) is 1. The second-order valence-corrected chi connectivity index (χ2v) is 1.31. The third-order valence-corrected chi connectivity index (χ3v) is 0.352. The summed E-state index contributed by atoms with van der Waals surface area (Å²) in [4.78, 5) is 9.95. The Kier molecular flexibility index (Phi) is 2.37. The topological polar surface area (TPSA) is 52.3 Å². The summed E-state index contributed by atoms with van der Waals surface area (Å²) in [6, 6.07) is 0. The van der Waals surface area contributed by atoms with Gasteiger partial charge in [0, 0.05) is 6.92 Å². The van der Waals surface area contributed by atoms with Crippen molar-refractivity contribution in [2.75, 3.05) is 0 Å². The van der Waals surface area contributed by atoms with Gasteiger partial charge in [0.25, 0.3) is 0 Å². The van der Waals surface area contributed by atoms with Gasteiger partial charge in [-0.3, -0.25) is 10.5 Å². The highest BCUT2D eigenvalue weighted by Crippen LogP contribution is 1.78. The van der Waals surface area contributed by atoms with Crippen molar-refractivity contribution >= 4 is 5.97 Å². The molecule has 0 aromatic carbocycles. The lowest BCUT2D eigenvalue weighted by molar-refractivity contribution is -0.145. The normalized spacial score (nSPS) is 13.0. The van der Waals surface area contributed by atoms with E-state index in [0.29, 0.717) is 0 Å². The molecule has 0 bridgehead atoms. The molecule has 0 saturated carbocycles. The molecule has 42 valence electrons. The van der Waals surface area contributed by atoms with Gasteiger partial charge in [0.05, 0.1) is 0 Å². The van der Waals surface area contributed by atoms with Crippen molar-refractivity contribution in [2.45, 2.75) is 20.1 Å². The van der Waals surface area contributed by atoms with Crippen LogP contribution >= 0.6 is 0 Å². The van der Waals surface area contributed by atoms with E-state index in [0.717, 1.165) is 0 Å². The fourth-order valence-electron chi connectivity index (χ4n) is 0.262. The maximum Gasteiger partial charge on any atom is 0.304 e. The first-order chi connectivity index (χ1) is 3.13. The Labute approximate surface area is 42.4 Å². The van der Waals surface area contributed by atoms with Crippen LogP contribution in [0.25, 0.3) is 0 Å². The van der Waals surface area contributed by atoms with E-state index in [-0.39, 0.29) is 5.97 Å². The monoisotopic (exact) mass is 103 g/mol. The Morgan fingerprint density at radius 3 is 2.29 bits per heavy atom. The molecule has 0 radical (unpaired) electrons. The standard InChI is InChI=1S/C4H9NO2/c1-3(5)7-4(2)6/h3H,5H2,1-2H3. The van der Waals surface area contributed by atoms with Gasteiger partial charge in [-0.15, -0.1) is 0 Å². The van der Waals surface area contributed by atoms with E-state index >= 15 is 0 Å². The predicted molar refractivity (Wildman–Crippen MR) is 25.4 cm³/mol. The van der Waals surface area contributed by atoms with Gasteiger partial charge in [-0.1, -0.05) is 0 Å². The molecule has 0 heterocycles. The molecule has 3 heteroatoms. The van der Waals surface area contributed by atoms with Crippen molar-refractivity contribution in [3.63, 3.8) is 0 Å². The van der Waals surface area contributed by atoms with Crippen LogP contribution in [0.15, 0.2) is 0 Å². The van der Waals surface area contributed by atoms with Crippen LogP contribution in [0.5, 0.6) is 0 Å². The second-order valence-electron chi connectivity index (χ2n) is 1.31. The minimum Gasteiger partial charge on any atom is -0.447 e. The van der Waals surface area contributed by atoms with Gasteiger partial charge in [0.2, 0.25) is 0 Å². The summed E-state index contributed by atoms with van der Waals surface area (Å²) in [6.45, 7) is 2.92. The number of nitrogens with two attached hydrogens (primary N) is 1. The molecule has 0 aromatic rings. The Morgan fingerprint density at radius 1 is 1.86 bits per heavy atom. The summed E-state index contributed by atoms with van der Waals surface area (Å²) in [5, 5.41) is 0. The predicted octanol–water partition coefficient (Wildman–Crippen LogP) is -0.146. The molecule has 2 N–H and O–H groups in total. The van der Waals surface area contributed by atoms with Crippen LogP contribution in [0.3, 0.4) is 0 Å². The number of carbonyl (C=O) groups excluding carboxylic acids is 1. The molecule has 0 aliphatic heterocycles. The number of carbonyl (C=O) groups is 1. The van der Waals surface area contributed by atoms with Crippen molar-refractivity contribution in [2.24, 2.45) is 5.73 Å². The first-order valence-electron chi connectivity index (χ1n) is 2.05. The lowest BCUT2D eigenvalue weighted by atomic mass is 10.7. The van der Waals surface area contributed by atoms with Crippen LogP contribution in [0.2, 0.25) is 0 Å². The Hall–Kier alpha value is -0.570. The number of hydrogen-bond donors (Lipinski definition) is 1. The molecule has 0 spiro atoms. The number of esters is 1. The van der Waals surface area contributed by atoms with E-state index in [2.05, 4.69) is 4.74 Å². The first-order valence-corrected chi connectivity index (χ1v) is 2.05. The third-order valence-electron chi connectivity index (χ3n) is 0.352. The molecule has 0 rings (SSSR count). The smallest absolute Gasteiger partial charge is 0.304 e. The van der Waals surface area contributed by atoms with Crippen molar-refractivity contribution < 1.29 is 9.53 Å². The molecular formula is C4H9NO2. The molecule has 3 nitrogen and oxygen atoms in total. The van der Waals surface area contributed by atoms with Gasteiger partial charge in [-0.25, -0.2) is 0 Å². The molecule has 0 aromatic heterocycles. The van der Waals surface area contributed by atoms with Crippen LogP contribution in [-0.4, -0.2) is 12.2 Å². The summed E-state index contributed by atoms with van der Waals surface area (Å²) < 4.78 is 4.39. The van der Waals surface area contributed by atoms with Gasteiger partial charge in [0.15, 0.2) is 0 Å². The van der Waals surface area contributed by atoms with Gasteiger partial charge >= 0.3 is 5.97 Å². The van der Waals surface area contributed by atoms with Crippen molar-refractivity contribution in [1.82, 2.24) is 0 Å². The zero-order valence-electron chi connectivity index (χ0n) is 4.47. The maximum atomic E-state index is 9.95. The van der Waals surface area contributed by atoms with Crippen molar-refractivity contribution in [3.05, 3.63) is 0 Å². The van der Waals surface area contributed by atoms with E-state index in [1.165, 1.54) is 6.92 Å². The quantitative estimate of drug-likeness (QED) is 0.371. The molecule has 1 unspecified atom stereocenters. The first kappa shape index (κ1) is 6.43. The van der Waals surface area contributed by atoms with Crippen molar-refractivity contribution in [3.8, 4) is 0 Å². The van der Waals surface area contributed by atoms with Crippen LogP contribution in [-0.2, 0) is 9.53 Å². The highest BCUT2D eigenvalue weighted by molar-refractivity contribution is 5.66. The lowest BCUT2D eigenvalue weighted by Crippen LogP contribution is -2.21. The Balaban J connectivity index is 3.13. The van der Waals surface area contributed by atoms with Gasteiger partial charge in [0.1, 0.15) is 6.23 Å². The van der Waals surface area contributed by atoms with E-state index < -0.39 is 6.23 Å². The molecule has 7 heavy (non-hydrogen) atoms. The molecule has 1 atom stereocenters. The van der Waals surface area contributed by atoms with E-state index in [4.69, 9.17) is 5.73 Å². The summed E-state index contributed by atoms with van der Waals surface area (Å²) in [5.74, 6) is -0.338. The van der Waals surface area contributed by atoms with E-state index in [9.17, 15) is 4.79 Å². The molecule has 0 fully saturated rings. The second kappa shape index (κ2) is 2.58. The number of rotatable bonds is 1. The average Bonchev–Trinajstić information content (AvgIpc) is 1.27. The zero-order valence-corrected chi connectivity index (χ0v) is 4.47. The fourth-order valence-corrected chi connectivity index (χ4v) is 0.262. The SMILES string of the molecule is CC(=O)OC(C)N. The molecular weight excluding hydrogens is 94.0 g/mol. The number of hydrogen-bond acceptors (Lipinski definition) is 3. The minimum absolute atomic E-state index is 0.338. The third kappa shape index (κ3) is 5.43.